The van der Waals surface area contributed by atoms with Gasteiger partial charge in [-0.3, -0.25) is 0 Å². The molecule has 0 spiro atoms. The molecule has 1 amide bonds. The number of hydrogen-bond donors (Lipinski definition) is 1. The number of hydrogen-bond acceptors (Lipinski definition) is 3. The minimum absolute atomic E-state index is 0.292. The molecule has 1 heterocycles. The minimum Gasteiger partial charge on any atom is -0.444 e. The smallest absolute Gasteiger partial charge is 0.408 e. The quantitative estimate of drug-likeness (QED) is 0.645. The van der Waals surface area contributed by atoms with Crippen molar-refractivity contribution < 1.29 is 13.9 Å². The highest BCUT2D eigenvalue weighted by atomic mass is 127. The number of rotatable bonds is 2. The molecule has 0 saturated heterocycles. The SMILES string of the molecule is CC(NC(=O)OC(C)(C)C)c1cnc(F)cc1I. The van der Waals surface area contributed by atoms with Gasteiger partial charge in [-0.2, -0.15) is 4.39 Å². The number of nitrogens with one attached hydrogen (secondary N) is 1. The molecule has 18 heavy (non-hydrogen) atoms. The van der Waals surface area contributed by atoms with Gasteiger partial charge in [0.25, 0.3) is 0 Å². The lowest BCUT2D eigenvalue weighted by molar-refractivity contribution is 0.0507. The number of alkyl carbamates (subject to hydrolysis) is 1. The fraction of sp³-hybridized carbons (Fsp3) is 0.500. The van der Waals surface area contributed by atoms with Gasteiger partial charge in [0.2, 0.25) is 5.95 Å². The molecule has 1 unspecified atom stereocenters. The number of amides is 1. The molecule has 0 aliphatic rings. The first-order valence-electron chi connectivity index (χ1n) is 5.49. The summed E-state index contributed by atoms with van der Waals surface area (Å²) < 4.78 is 18.7. The molecular formula is C12H16FIN2O2. The molecule has 0 aliphatic carbocycles. The van der Waals surface area contributed by atoms with Crippen molar-refractivity contribution in [3.63, 3.8) is 0 Å². The third kappa shape index (κ3) is 4.75. The number of nitrogens with zero attached hydrogens (tertiary/aromatic N) is 1. The lowest BCUT2D eigenvalue weighted by atomic mass is 10.1. The molecule has 0 aliphatic heterocycles. The van der Waals surface area contributed by atoms with Crippen LogP contribution >= 0.6 is 22.6 Å². The van der Waals surface area contributed by atoms with E-state index < -0.39 is 17.6 Å². The van der Waals surface area contributed by atoms with Gasteiger partial charge < -0.3 is 10.1 Å². The second-order valence-corrected chi connectivity index (χ2v) is 6.06. The molecule has 1 N–H and O–H groups in total. The summed E-state index contributed by atoms with van der Waals surface area (Å²) in [5.41, 5.74) is 0.209. The van der Waals surface area contributed by atoms with Crippen molar-refractivity contribution in [1.29, 1.82) is 0 Å². The van der Waals surface area contributed by atoms with Crippen LogP contribution in [0.4, 0.5) is 9.18 Å². The van der Waals surface area contributed by atoms with Crippen LogP contribution < -0.4 is 5.32 Å². The van der Waals surface area contributed by atoms with Crippen molar-refractivity contribution >= 4 is 28.7 Å². The Balaban J connectivity index is 2.71. The Morgan fingerprint density at radius 2 is 2.17 bits per heavy atom. The molecule has 0 saturated carbocycles. The van der Waals surface area contributed by atoms with E-state index in [4.69, 9.17) is 4.74 Å². The molecular weight excluding hydrogens is 350 g/mol. The van der Waals surface area contributed by atoms with Crippen molar-refractivity contribution in [2.45, 2.75) is 39.3 Å². The van der Waals surface area contributed by atoms with Gasteiger partial charge in [0, 0.05) is 21.4 Å². The molecule has 0 aromatic carbocycles. The van der Waals surface area contributed by atoms with Crippen LogP contribution in [0.3, 0.4) is 0 Å². The Morgan fingerprint density at radius 3 is 2.67 bits per heavy atom. The molecule has 4 nitrogen and oxygen atoms in total. The van der Waals surface area contributed by atoms with E-state index in [1.54, 1.807) is 27.7 Å². The predicted octanol–water partition coefficient (Wildman–Crippen LogP) is 3.41. The topological polar surface area (TPSA) is 51.2 Å². The van der Waals surface area contributed by atoms with Crippen molar-refractivity contribution in [2.75, 3.05) is 0 Å². The molecule has 6 heteroatoms. The minimum atomic E-state index is -0.544. The molecule has 1 atom stereocenters. The van der Waals surface area contributed by atoms with Crippen molar-refractivity contribution in [3.05, 3.63) is 27.3 Å². The highest BCUT2D eigenvalue weighted by Gasteiger charge is 2.19. The molecule has 0 fully saturated rings. The van der Waals surface area contributed by atoms with Crippen LogP contribution in [0.25, 0.3) is 0 Å². The number of carbonyl (C=O) groups is 1. The van der Waals surface area contributed by atoms with Crippen molar-refractivity contribution in [2.24, 2.45) is 0 Å². The molecule has 0 radical (unpaired) electrons. The third-order valence-corrected chi connectivity index (χ3v) is 2.98. The fourth-order valence-corrected chi connectivity index (χ4v) is 2.16. The van der Waals surface area contributed by atoms with Crippen LogP contribution in [0.2, 0.25) is 0 Å². The van der Waals surface area contributed by atoms with Gasteiger partial charge in [-0.25, -0.2) is 9.78 Å². The van der Waals surface area contributed by atoms with E-state index in [1.807, 2.05) is 22.6 Å². The lowest BCUT2D eigenvalue weighted by Crippen LogP contribution is -2.34. The first kappa shape index (κ1) is 15.1. The molecule has 1 aromatic rings. The Labute approximate surface area is 119 Å². The number of ether oxygens (including phenoxy) is 1. The monoisotopic (exact) mass is 366 g/mol. The summed E-state index contributed by atoms with van der Waals surface area (Å²) in [6, 6.07) is 1.03. The summed E-state index contributed by atoms with van der Waals surface area (Å²) in [5, 5.41) is 2.68. The highest BCUT2D eigenvalue weighted by molar-refractivity contribution is 14.1. The second kappa shape index (κ2) is 5.81. The average Bonchev–Trinajstić information content (AvgIpc) is 2.13. The summed E-state index contributed by atoms with van der Waals surface area (Å²) in [6.07, 6.45) is 0.911. The zero-order valence-electron chi connectivity index (χ0n) is 10.8. The van der Waals surface area contributed by atoms with Crippen molar-refractivity contribution in [1.82, 2.24) is 10.3 Å². The first-order chi connectivity index (χ1) is 8.19. The zero-order chi connectivity index (χ0) is 13.9. The molecule has 0 bridgehead atoms. The first-order valence-corrected chi connectivity index (χ1v) is 6.57. The van der Waals surface area contributed by atoms with Crippen LogP contribution in [0.1, 0.15) is 39.3 Å². The Hall–Kier alpha value is -0.920. The van der Waals surface area contributed by atoms with Gasteiger partial charge in [-0.15, -0.1) is 0 Å². The largest absolute Gasteiger partial charge is 0.444 e. The van der Waals surface area contributed by atoms with Gasteiger partial charge in [-0.05, 0) is 50.3 Å². The molecule has 100 valence electrons. The molecule has 1 aromatic heterocycles. The standard InChI is InChI=1S/C12H16FIN2O2/c1-7(16-11(17)18-12(2,3)4)8-6-15-10(13)5-9(8)14/h5-7H,1-4H3,(H,16,17). The third-order valence-electron chi connectivity index (χ3n) is 2.05. The maximum atomic E-state index is 12.9. The fourth-order valence-electron chi connectivity index (χ4n) is 1.30. The summed E-state index contributed by atoms with van der Waals surface area (Å²) in [6.45, 7) is 7.17. The Morgan fingerprint density at radius 1 is 1.56 bits per heavy atom. The lowest BCUT2D eigenvalue weighted by Gasteiger charge is -2.22. The van der Waals surface area contributed by atoms with Gasteiger partial charge in [0.05, 0.1) is 6.04 Å². The van der Waals surface area contributed by atoms with Crippen LogP contribution in [-0.4, -0.2) is 16.7 Å². The number of halogens is 2. The summed E-state index contributed by atoms with van der Waals surface area (Å²) in [4.78, 5) is 15.2. The Bertz CT molecular complexity index is 446. The van der Waals surface area contributed by atoms with Crippen LogP contribution in [0, 0.1) is 9.52 Å². The van der Waals surface area contributed by atoms with E-state index >= 15 is 0 Å². The second-order valence-electron chi connectivity index (χ2n) is 4.90. The van der Waals surface area contributed by atoms with Gasteiger partial charge >= 0.3 is 6.09 Å². The number of aromatic nitrogens is 1. The summed E-state index contributed by atoms with van der Waals surface area (Å²) >= 11 is 2.00. The van der Waals surface area contributed by atoms with Gasteiger partial charge in [-0.1, -0.05) is 0 Å². The highest BCUT2D eigenvalue weighted by Crippen LogP contribution is 2.20. The maximum absolute atomic E-state index is 12.9. The van der Waals surface area contributed by atoms with Gasteiger partial charge in [0.15, 0.2) is 0 Å². The van der Waals surface area contributed by atoms with Crippen LogP contribution in [0.5, 0.6) is 0 Å². The van der Waals surface area contributed by atoms with E-state index in [2.05, 4.69) is 10.3 Å². The number of carbonyl (C=O) groups excluding carboxylic acids is 1. The van der Waals surface area contributed by atoms with Crippen LogP contribution in [-0.2, 0) is 4.74 Å². The van der Waals surface area contributed by atoms with E-state index in [-0.39, 0.29) is 6.04 Å². The maximum Gasteiger partial charge on any atom is 0.408 e. The van der Waals surface area contributed by atoms with Crippen molar-refractivity contribution in [3.8, 4) is 0 Å². The van der Waals surface area contributed by atoms with Gasteiger partial charge in [0.1, 0.15) is 5.60 Å². The molecule has 1 rings (SSSR count). The Kier molecular flexibility index (Phi) is 4.89. The van der Waals surface area contributed by atoms with Crippen LogP contribution in [0.15, 0.2) is 12.3 Å². The normalized spacial score (nSPS) is 13.0. The predicted molar refractivity (Wildman–Crippen MR) is 74.7 cm³/mol. The number of pyridine rings is 1. The van der Waals surface area contributed by atoms with E-state index in [0.717, 1.165) is 5.56 Å². The zero-order valence-corrected chi connectivity index (χ0v) is 12.9. The average molecular weight is 366 g/mol. The van der Waals surface area contributed by atoms with E-state index in [9.17, 15) is 9.18 Å². The summed E-state index contributed by atoms with van der Waals surface area (Å²) in [5.74, 6) is -0.535. The van der Waals surface area contributed by atoms with E-state index in [1.165, 1.54) is 12.3 Å². The summed E-state index contributed by atoms with van der Waals surface area (Å²) in [7, 11) is 0. The van der Waals surface area contributed by atoms with E-state index in [0.29, 0.717) is 3.57 Å².